The fraction of sp³-hybridized carbons (Fsp3) is 0.318. The van der Waals surface area contributed by atoms with Gasteiger partial charge in [0.05, 0.1) is 20.9 Å². The molecule has 7 heteroatoms. The molecule has 0 aliphatic carbocycles. The standard InChI is InChI=1S/C22H24BrNO4S/c1-3-27-19(22(25)26)14-16-5-7-17(8-6-16)28-13-12-24-15(2)4-9-18(24)20-10-11-21(23)29-20/h4-11,19H,3,12-14H2,1-2H3,(H,25,26). The van der Waals surface area contributed by atoms with Crippen LogP contribution in [0.4, 0.5) is 0 Å². The molecule has 5 nitrogen and oxygen atoms in total. The summed E-state index contributed by atoms with van der Waals surface area (Å²) < 4.78 is 14.6. The molecule has 3 aromatic rings. The van der Waals surface area contributed by atoms with Crippen LogP contribution in [0.3, 0.4) is 0 Å². The van der Waals surface area contributed by atoms with Crippen molar-refractivity contribution in [2.45, 2.75) is 32.9 Å². The SMILES string of the molecule is CCOC(Cc1ccc(OCCn2c(C)ccc2-c2ccc(Br)s2)cc1)C(=O)O. The zero-order valence-corrected chi connectivity index (χ0v) is 18.8. The van der Waals surface area contributed by atoms with Crippen LogP contribution in [0.1, 0.15) is 18.2 Å². The number of carbonyl (C=O) groups is 1. The number of thiophene rings is 1. The lowest BCUT2D eigenvalue weighted by Gasteiger charge is -2.14. The third-order valence-corrected chi connectivity index (χ3v) is 6.24. The average Bonchev–Trinajstić information content (AvgIpc) is 3.28. The minimum atomic E-state index is -0.942. The van der Waals surface area contributed by atoms with Gasteiger partial charge in [-0.05, 0) is 71.7 Å². The second-order valence-corrected chi connectivity index (χ2v) is 9.06. The number of ether oxygens (including phenoxy) is 2. The van der Waals surface area contributed by atoms with Crippen LogP contribution in [-0.2, 0) is 22.5 Å². The molecule has 2 aromatic heterocycles. The molecule has 3 rings (SSSR count). The fourth-order valence-corrected chi connectivity index (χ4v) is 4.56. The number of carboxylic acid groups (broad SMARTS) is 1. The molecule has 0 saturated carbocycles. The van der Waals surface area contributed by atoms with Crippen molar-refractivity contribution < 1.29 is 19.4 Å². The Balaban J connectivity index is 1.58. The van der Waals surface area contributed by atoms with Crippen LogP contribution in [0.2, 0.25) is 0 Å². The predicted molar refractivity (Wildman–Crippen MR) is 119 cm³/mol. The summed E-state index contributed by atoms with van der Waals surface area (Å²) in [6.07, 6.45) is -0.481. The maximum absolute atomic E-state index is 11.2. The number of aryl methyl sites for hydroxylation is 1. The van der Waals surface area contributed by atoms with Gasteiger partial charge < -0.3 is 19.1 Å². The van der Waals surface area contributed by atoms with E-state index in [1.165, 1.54) is 16.3 Å². The summed E-state index contributed by atoms with van der Waals surface area (Å²) in [6.45, 7) is 5.56. The number of halogens is 1. The lowest BCUT2D eigenvalue weighted by Crippen LogP contribution is -2.26. The maximum atomic E-state index is 11.2. The van der Waals surface area contributed by atoms with Gasteiger partial charge in [-0.15, -0.1) is 11.3 Å². The van der Waals surface area contributed by atoms with Gasteiger partial charge in [0, 0.05) is 18.7 Å². The zero-order valence-electron chi connectivity index (χ0n) is 16.4. The molecule has 0 aliphatic rings. The first-order chi connectivity index (χ1) is 14.0. The highest BCUT2D eigenvalue weighted by Gasteiger charge is 2.17. The molecule has 0 aliphatic heterocycles. The number of hydrogen-bond acceptors (Lipinski definition) is 4. The van der Waals surface area contributed by atoms with Crippen LogP contribution in [0, 0.1) is 6.92 Å². The Morgan fingerprint density at radius 2 is 1.93 bits per heavy atom. The summed E-state index contributed by atoms with van der Waals surface area (Å²) in [5.74, 6) is -0.176. The average molecular weight is 478 g/mol. The monoisotopic (exact) mass is 477 g/mol. The molecule has 0 spiro atoms. The second-order valence-electron chi connectivity index (χ2n) is 6.59. The van der Waals surface area contributed by atoms with E-state index in [0.29, 0.717) is 19.6 Å². The van der Waals surface area contributed by atoms with Crippen LogP contribution in [0.15, 0.2) is 52.3 Å². The Hall–Kier alpha value is -2.09. The minimum Gasteiger partial charge on any atom is -0.492 e. The molecule has 0 saturated heterocycles. The smallest absolute Gasteiger partial charge is 0.333 e. The van der Waals surface area contributed by atoms with E-state index in [9.17, 15) is 9.90 Å². The summed E-state index contributed by atoms with van der Waals surface area (Å²) in [5.41, 5.74) is 3.29. The van der Waals surface area contributed by atoms with E-state index in [1.807, 2.05) is 24.3 Å². The van der Waals surface area contributed by atoms with E-state index >= 15 is 0 Å². The van der Waals surface area contributed by atoms with E-state index in [4.69, 9.17) is 9.47 Å². The molecule has 1 atom stereocenters. The number of hydrogen-bond donors (Lipinski definition) is 1. The van der Waals surface area contributed by atoms with Crippen molar-refractivity contribution in [3.8, 4) is 16.3 Å². The topological polar surface area (TPSA) is 60.7 Å². The Labute approximate surface area is 183 Å². The lowest BCUT2D eigenvalue weighted by molar-refractivity contribution is -0.149. The number of nitrogens with zero attached hydrogens (tertiary/aromatic N) is 1. The van der Waals surface area contributed by atoms with E-state index in [1.54, 1.807) is 18.3 Å². The number of aromatic nitrogens is 1. The quantitative estimate of drug-likeness (QED) is 0.424. The Morgan fingerprint density at radius 3 is 2.55 bits per heavy atom. The van der Waals surface area contributed by atoms with Gasteiger partial charge in [-0.3, -0.25) is 0 Å². The van der Waals surface area contributed by atoms with Crippen molar-refractivity contribution in [1.82, 2.24) is 4.57 Å². The van der Waals surface area contributed by atoms with Gasteiger partial charge in [0.1, 0.15) is 12.4 Å². The number of benzene rings is 1. The molecule has 0 fully saturated rings. The van der Waals surface area contributed by atoms with Crippen LogP contribution in [0.5, 0.6) is 5.75 Å². The molecule has 29 heavy (non-hydrogen) atoms. The van der Waals surface area contributed by atoms with Crippen LogP contribution in [-0.4, -0.2) is 35.0 Å². The summed E-state index contributed by atoms with van der Waals surface area (Å²) in [6, 6.07) is 16.0. The van der Waals surface area contributed by atoms with Crippen LogP contribution in [0.25, 0.3) is 10.6 Å². The molecule has 1 unspecified atom stereocenters. The van der Waals surface area contributed by atoms with E-state index in [-0.39, 0.29) is 0 Å². The molecule has 0 radical (unpaired) electrons. The van der Waals surface area contributed by atoms with E-state index < -0.39 is 12.1 Å². The van der Waals surface area contributed by atoms with Crippen molar-refractivity contribution in [1.29, 1.82) is 0 Å². The highest BCUT2D eigenvalue weighted by atomic mass is 79.9. The molecule has 154 valence electrons. The highest BCUT2D eigenvalue weighted by Crippen LogP contribution is 2.32. The second kappa shape index (κ2) is 10.1. The fourth-order valence-electron chi connectivity index (χ4n) is 3.14. The van der Waals surface area contributed by atoms with Crippen LogP contribution >= 0.6 is 27.3 Å². The lowest BCUT2D eigenvalue weighted by atomic mass is 10.1. The van der Waals surface area contributed by atoms with Crippen molar-refractivity contribution >= 4 is 33.2 Å². The van der Waals surface area contributed by atoms with Gasteiger partial charge in [0.25, 0.3) is 0 Å². The first-order valence-corrected chi connectivity index (χ1v) is 11.1. The molecule has 2 heterocycles. The number of carboxylic acids is 1. The molecule has 0 bridgehead atoms. The highest BCUT2D eigenvalue weighted by molar-refractivity contribution is 9.11. The molecule has 1 N–H and O–H groups in total. The normalized spacial score (nSPS) is 12.1. The van der Waals surface area contributed by atoms with Gasteiger partial charge in [0.2, 0.25) is 0 Å². The maximum Gasteiger partial charge on any atom is 0.333 e. The van der Waals surface area contributed by atoms with Gasteiger partial charge in [-0.2, -0.15) is 0 Å². The largest absolute Gasteiger partial charge is 0.492 e. The Kier molecular flexibility index (Phi) is 7.52. The van der Waals surface area contributed by atoms with Crippen molar-refractivity contribution in [2.75, 3.05) is 13.2 Å². The first-order valence-electron chi connectivity index (χ1n) is 9.46. The number of rotatable bonds is 10. The van der Waals surface area contributed by atoms with Gasteiger partial charge in [0.15, 0.2) is 6.10 Å². The molecule has 0 amide bonds. The van der Waals surface area contributed by atoms with Crippen molar-refractivity contribution in [3.05, 3.63) is 63.6 Å². The summed E-state index contributed by atoms with van der Waals surface area (Å²) in [7, 11) is 0. The van der Waals surface area contributed by atoms with Crippen molar-refractivity contribution in [3.63, 3.8) is 0 Å². The third-order valence-electron chi connectivity index (χ3n) is 4.60. The predicted octanol–water partition coefficient (Wildman–Crippen LogP) is 5.40. The third kappa shape index (κ3) is 5.72. The Morgan fingerprint density at radius 1 is 1.17 bits per heavy atom. The van der Waals surface area contributed by atoms with Crippen molar-refractivity contribution in [2.24, 2.45) is 0 Å². The number of aliphatic carboxylic acids is 1. The van der Waals surface area contributed by atoms with E-state index in [0.717, 1.165) is 21.6 Å². The van der Waals surface area contributed by atoms with E-state index in [2.05, 4.69) is 51.7 Å². The van der Waals surface area contributed by atoms with Gasteiger partial charge in [-0.25, -0.2) is 4.79 Å². The van der Waals surface area contributed by atoms with Crippen LogP contribution < -0.4 is 4.74 Å². The first kappa shape index (κ1) is 21.6. The Bertz CT molecular complexity index is 948. The molecular weight excluding hydrogens is 454 g/mol. The zero-order chi connectivity index (χ0) is 20.8. The summed E-state index contributed by atoms with van der Waals surface area (Å²) >= 11 is 5.24. The summed E-state index contributed by atoms with van der Waals surface area (Å²) in [5, 5.41) is 9.20. The molecular formula is C22H24BrNO4S. The molecule has 1 aromatic carbocycles. The minimum absolute atomic E-state index is 0.339. The van der Waals surface area contributed by atoms with Gasteiger partial charge >= 0.3 is 5.97 Å². The van der Waals surface area contributed by atoms with Gasteiger partial charge in [-0.1, -0.05) is 12.1 Å². The summed E-state index contributed by atoms with van der Waals surface area (Å²) in [4.78, 5) is 12.4.